The summed E-state index contributed by atoms with van der Waals surface area (Å²) in [4.78, 5) is 14.2. The van der Waals surface area contributed by atoms with E-state index in [-0.39, 0.29) is 0 Å². The Morgan fingerprint density at radius 1 is 1.09 bits per heavy atom. The lowest BCUT2D eigenvalue weighted by atomic mass is 10.2. The van der Waals surface area contributed by atoms with Gasteiger partial charge in [0.05, 0.1) is 0 Å². The number of rotatable bonds is 5. The maximum Gasteiger partial charge on any atom is 0.228 e. The second-order valence-electron chi connectivity index (χ2n) is 6.57. The molecule has 1 aliphatic heterocycles. The molecule has 1 fully saturated rings. The van der Waals surface area contributed by atoms with E-state index in [9.17, 15) is 0 Å². The lowest BCUT2D eigenvalue weighted by Crippen LogP contribution is -2.32. The normalized spacial score (nSPS) is 14.5. The van der Waals surface area contributed by atoms with Crippen LogP contribution in [0.15, 0.2) is 36.4 Å². The van der Waals surface area contributed by atoms with E-state index in [2.05, 4.69) is 67.0 Å². The van der Waals surface area contributed by atoms with Gasteiger partial charge in [0.1, 0.15) is 5.82 Å². The molecule has 1 aromatic carbocycles. The Morgan fingerprint density at radius 3 is 2.43 bits per heavy atom. The number of nitrogens with zero attached hydrogens (tertiary/aromatic N) is 4. The van der Waals surface area contributed by atoms with Crippen molar-refractivity contribution in [2.45, 2.75) is 46.2 Å². The van der Waals surface area contributed by atoms with E-state index < -0.39 is 0 Å². The van der Waals surface area contributed by atoms with Crippen molar-refractivity contribution < 1.29 is 0 Å². The van der Waals surface area contributed by atoms with Gasteiger partial charge in [-0.15, -0.1) is 0 Å². The van der Waals surface area contributed by atoms with Crippen LogP contribution in [0, 0.1) is 6.92 Å². The SMILES string of the molecule is Cc1cc(N2CCCC2)nc(N(Cc2ccccc2)C(C)C)n1. The molecule has 3 rings (SSSR count). The predicted molar refractivity (Wildman–Crippen MR) is 96.0 cm³/mol. The molecule has 2 heterocycles. The summed E-state index contributed by atoms with van der Waals surface area (Å²) in [6, 6.07) is 13.0. The van der Waals surface area contributed by atoms with E-state index in [1.165, 1.54) is 18.4 Å². The first kappa shape index (κ1) is 15.8. The zero-order chi connectivity index (χ0) is 16.2. The van der Waals surface area contributed by atoms with Crippen molar-refractivity contribution in [3.05, 3.63) is 47.7 Å². The maximum absolute atomic E-state index is 4.87. The molecule has 122 valence electrons. The van der Waals surface area contributed by atoms with Gasteiger partial charge in [0.15, 0.2) is 0 Å². The second-order valence-corrected chi connectivity index (χ2v) is 6.57. The minimum absolute atomic E-state index is 0.350. The fraction of sp³-hybridized carbons (Fsp3) is 0.474. The lowest BCUT2D eigenvalue weighted by molar-refractivity contribution is 0.658. The summed E-state index contributed by atoms with van der Waals surface area (Å²) in [5.74, 6) is 1.91. The standard InChI is InChI=1S/C19H26N4/c1-15(2)23(14-17-9-5-4-6-10-17)19-20-16(3)13-18(21-19)22-11-7-8-12-22/h4-6,9-10,13,15H,7-8,11-12,14H2,1-3H3. The lowest BCUT2D eigenvalue weighted by Gasteiger charge is -2.28. The molecule has 0 bridgehead atoms. The van der Waals surface area contributed by atoms with E-state index >= 15 is 0 Å². The fourth-order valence-corrected chi connectivity index (χ4v) is 3.04. The minimum Gasteiger partial charge on any atom is -0.356 e. The van der Waals surface area contributed by atoms with Crippen LogP contribution in [0.2, 0.25) is 0 Å². The molecule has 1 aliphatic rings. The zero-order valence-electron chi connectivity index (χ0n) is 14.4. The van der Waals surface area contributed by atoms with Crippen molar-refractivity contribution in [2.24, 2.45) is 0 Å². The van der Waals surface area contributed by atoms with Gasteiger partial charge >= 0.3 is 0 Å². The average Bonchev–Trinajstić information content (AvgIpc) is 3.07. The van der Waals surface area contributed by atoms with Crippen LogP contribution in [0.3, 0.4) is 0 Å². The number of benzene rings is 1. The summed E-state index contributed by atoms with van der Waals surface area (Å²) in [6.07, 6.45) is 2.52. The summed E-state index contributed by atoms with van der Waals surface area (Å²) in [5, 5.41) is 0. The molecule has 0 saturated carbocycles. The Hall–Kier alpha value is -2.10. The largest absolute Gasteiger partial charge is 0.356 e. The quantitative estimate of drug-likeness (QED) is 0.841. The van der Waals surface area contributed by atoms with Gasteiger partial charge in [0.25, 0.3) is 0 Å². The van der Waals surface area contributed by atoms with Gasteiger partial charge in [-0.3, -0.25) is 0 Å². The van der Waals surface area contributed by atoms with Crippen molar-refractivity contribution in [1.82, 2.24) is 9.97 Å². The molecule has 1 aromatic heterocycles. The number of aryl methyl sites for hydroxylation is 1. The summed E-state index contributed by atoms with van der Waals surface area (Å²) >= 11 is 0. The highest BCUT2D eigenvalue weighted by atomic mass is 15.3. The summed E-state index contributed by atoms with van der Waals surface area (Å²) < 4.78 is 0. The molecule has 0 unspecified atom stereocenters. The fourth-order valence-electron chi connectivity index (χ4n) is 3.04. The molecule has 0 radical (unpaired) electrons. The highest BCUT2D eigenvalue weighted by Gasteiger charge is 2.19. The monoisotopic (exact) mass is 310 g/mol. The van der Waals surface area contributed by atoms with Gasteiger partial charge in [0, 0.05) is 37.4 Å². The van der Waals surface area contributed by atoms with Crippen LogP contribution in [0.25, 0.3) is 0 Å². The van der Waals surface area contributed by atoms with E-state index in [0.29, 0.717) is 6.04 Å². The molecular formula is C19H26N4. The van der Waals surface area contributed by atoms with Crippen LogP contribution in [0.4, 0.5) is 11.8 Å². The van der Waals surface area contributed by atoms with Crippen molar-refractivity contribution in [3.8, 4) is 0 Å². The molecular weight excluding hydrogens is 284 g/mol. The van der Waals surface area contributed by atoms with Gasteiger partial charge in [-0.05, 0) is 39.2 Å². The molecule has 4 nitrogen and oxygen atoms in total. The van der Waals surface area contributed by atoms with E-state index in [1.54, 1.807) is 0 Å². The van der Waals surface area contributed by atoms with Crippen LogP contribution < -0.4 is 9.80 Å². The molecule has 0 atom stereocenters. The molecule has 0 amide bonds. The third-order valence-corrected chi connectivity index (χ3v) is 4.33. The first-order chi connectivity index (χ1) is 11.1. The minimum atomic E-state index is 0.350. The van der Waals surface area contributed by atoms with E-state index in [1.807, 2.05) is 0 Å². The number of aromatic nitrogens is 2. The summed E-state index contributed by atoms with van der Waals surface area (Å²) in [7, 11) is 0. The molecule has 2 aromatic rings. The molecule has 1 saturated heterocycles. The first-order valence-electron chi connectivity index (χ1n) is 8.54. The molecule has 0 aliphatic carbocycles. The second kappa shape index (κ2) is 6.99. The van der Waals surface area contributed by atoms with E-state index in [0.717, 1.165) is 37.1 Å². The van der Waals surface area contributed by atoms with Crippen molar-refractivity contribution in [1.29, 1.82) is 0 Å². The van der Waals surface area contributed by atoms with Crippen LogP contribution >= 0.6 is 0 Å². The van der Waals surface area contributed by atoms with Crippen LogP contribution in [-0.2, 0) is 6.54 Å². The van der Waals surface area contributed by atoms with Crippen molar-refractivity contribution >= 4 is 11.8 Å². The van der Waals surface area contributed by atoms with Gasteiger partial charge < -0.3 is 9.80 Å². The van der Waals surface area contributed by atoms with Crippen LogP contribution in [0.5, 0.6) is 0 Å². The predicted octanol–water partition coefficient (Wildman–Crippen LogP) is 3.80. The highest BCUT2D eigenvalue weighted by Crippen LogP contribution is 2.23. The third kappa shape index (κ3) is 3.81. The first-order valence-corrected chi connectivity index (χ1v) is 8.54. The Bertz CT molecular complexity index is 633. The van der Waals surface area contributed by atoms with Gasteiger partial charge in [-0.2, -0.15) is 4.98 Å². The Labute approximate surface area is 139 Å². The van der Waals surface area contributed by atoms with Crippen LogP contribution in [-0.4, -0.2) is 29.1 Å². The van der Waals surface area contributed by atoms with Crippen molar-refractivity contribution in [3.63, 3.8) is 0 Å². The smallest absolute Gasteiger partial charge is 0.228 e. The third-order valence-electron chi connectivity index (χ3n) is 4.33. The number of hydrogen-bond acceptors (Lipinski definition) is 4. The Morgan fingerprint density at radius 2 is 1.78 bits per heavy atom. The molecule has 4 heteroatoms. The molecule has 23 heavy (non-hydrogen) atoms. The Kier molecular flexibility index (Phi) is 4.79. The topological polar surface area (TPSA) is 32.3 Å². The average molecular weight is 310 g/mol. The van der Waals surface area contributed by atoms with Crippen LogP contribution in [0.1, 0.15) is 37.9 Å². The zero-order valence-corrected chi connectivity index (χ0v) is 14.4. The number of hydrogen-bond donors (Lipinski definition) is 0. The Balaban J connectivity index is 1.89. The highest BCUT2D eigenvalue weighted by molar-refractivity contribution is 5.47. The maximum atomic E-state index is 4.87. The van der Waals surface area contributed by atoms with Gasteiger partial charge in [-0.25, -0.2) is 4.98 Å². The number of anilines is 2. The van der Waals surface area contributed by atoms with Gasteiger partial charge in [0.2, 0.25) is 5.95 Å². The van der Waals surface area contributed by atoms with E-state index in [4.69, 9.17) is 9.97 Å². The summed E-state index contributed by atoms with van der Waals surface area (Å²) in [5.41, 5.74) is 2.32. The molecule has 0 spiro atoms. The van der Waals surface area contributed by atoms with Gasteiger partial charge in [-0.1, -0.05) is 30.3 Å². The molecule has 0 N–H and O–H groups in total. The van der Waals surface area contributed by atoms with Crippen molar-refractivity contribution in [2.75, 3.05) is 22.9 Å². The summed E-state index contributed by atoms with van der Waals surface area (Å²) in [6.45, 7) is 9.51.